The molecule has 24 heavy (non-hydrogen) atoms. The molecule has 0 aliphatic heterocycles. The highest BCUT2D eigenvalue weighted by molar-refractivity contribution is 5.69. The van der Waals surface area contributed by atoms with Crippen molar-refractivity contribution in [1.82, 2.24) is 5.32 Å². The molecule has 0 aromatic heterocycles. The van der Waals surface area contributed by atoms with Crippen LogP contribution in [-0.4, -0.2) is 79.0 Å². The molecule has 1 N–H and O–H groups in total. The molecule has 0 aromatic rings. The van der Waals surface area contributed by atoms with Gasteiger partial charge in [-0.2, -0.15) is 0 Å². The first kappa shape index (κ1) is 23.3. The smallest absolute Gasteiger partial charge is 0.305 e. The van der Waals surface area contributed by atoms with E-state index in [1.54, 1.807) is 0 Å². The molecule has 0 bridgehead atoms. The fourth-order valence-electron chi connectivity index (χ4n) is 1.74. The fraction of sp³-hybridized carbons (Fsp3) is 0.941. The van der Waals surface area contributed by atoms with Gasteiger partial charge in [0.05, 0.1) is 52.9 Å². The largest absolute Gasteiger partial charge is 0.463 e. The van der Waals surface area contributed by atoms with Gasteiger partial charge >= 0.3 is 5.97 Å². The van der Waals surface area contributed by atoms with Crippen LogP contribution < -0.4 is 5.32 Å². The highest BCUT2D eigenvalue weighted by atomic mass is 16.6. The highest BCUT2D eigenvalue weighted by Gasteiger charge is 2.01. The van der Waals surface area contributed by atoms with Crippen LogP contribution in [-0.2, 0) is 28.5 Å². The van der Waals surface area contributed by atoms with E-state index in [-0.39, 0.29) is 5.97 Å². The molecule has 0 saturated carbocycles. The number of unbranched alkanes of at least 4 members (excludes halogenated alkanes) is 2. The molecule has 0 aliphatic carbocycles. The number of nitrogens with one attached hydrogen (secondary N) is 1. The summed E-state index contributed by atoms with van der Waals surface area (Å²) in [6.07, 6.45) is 3.56. The molecular weight excluding hydrogens is 314 g/mol. The molecule has 0 radical (unpaired) electrons. The van der Waals surface area contributed by atoms with E-state index in [1.165, 1.54) is 0 Å². The molecule has 0 aromatic carbocycles. The van der Waals surface area contributed by atoms with Crippen molar-refractivity contribution in [2.75, 3.05) is 73.1 Å². The van der Waals surface area contributed by atoms with E-state index in [2.05, 4.69) is 12.2 Å². The van der Waals surface area contributed by atoms with E-state index in [4.69, 9.17) is 23.7 Å². The zero-order chi connectivity index (χ0) is 17.7. The van der Waals surface area contributed by atoms with Crippen molar-refractivity contribution >= 4 is 5.97 Å². The molecule has 0 aliphatic rings. The van der Waals surface area contributed by atoms with Crippen LogP contribution in [0.25, 0.3) is 0 Å². The predicted molar refractivity (Wildman–Crippen MR) is 92.3 cm³/mol. The summed E-state index contributed by atoms with van der Waals surface area (Å²) < 4.78 is 26.4. The Kier molecular flexibility index (Phi) is 19.7. The van der Waals surface area contributed by atoms with E-state index < -0.39 is 0 Å². The lowest BCUT2D eigenvalue weighted by Crippen LogP contribution is -2.17. The molecule has 0 unspecified atom stereocenters. The normalized spacial score (nSPS) is 10.9. The van der Waals surface area contributed by atoms with Crippen molar-refractivity contribution in [1.29, 1.82) is 0 Å². The van der Waals surface area contributed by atoms with Crippen molar-refractivity contribution < 1.29 is 28.5 Å². The van der Waals surface area contributed by atoms with Crippen molar-refractivity contribution in [2.45, 2.75) is 32.6 Å². The minimum Gasteiger partial charge on any atom is -0.463 e. The summed E-state index contributed by atoms with van der Waals surface area (Å²) in [7, 11) is 1.89. The fourth-order valence-corrected chi connectivity index (χ4v) is 1.74. The van der Waals surface area contributed by atoms with Gasteiger partial charge in [-0.25, -0.2) is 0 Å². The van der Waals surface area contributed by atoms with Gasteiger partial charge in [0.1, 0.15) is 6.61 Å². The van der Waals surface area contributed by atoms with E-state index >= 15 is 0 Å². The maximum atomic E-state index is 11.3. The van der Waals surface area contributed by atoms with Crippen LogP contribution in [0.4, 0.5) is 0 Å². The number of carbonyl (C=O) groups is 1. The van der Waals surface area contributed by atoms with Crippen molar-refractivity contribution in [3.05, 3.63) is 0 Å². The lowest BCUT2D eigenvalue weighted by atomic mass is 10.2. The summed E-state index contributed by atoms with van der Waals surface area (Å²) >= 11 is 0. The molecule has 0 rings (SSSR count). The molecule has 0 fully saturated rings. The Morgan fingerprint density at radius 3 is 1.75 bits per heavy atom. The van der Waals surface area contributed by atoms with Gasteiger partial charge in [-0.15, -0.1) is 0 Å². The molecule has 144 valence electrons. The first-order valence-electron chi connectivity index (χ1n) is 8.92. The molecule has 0 saturated heterocycles. The maximum Gasteiger partial charge on any atom is 0.305 e. The minimum atomic E-state index is -0.143. The number of rotatable bonds is 19. The highest BCUT2D eigenvalue weighted by Crippen LogP contribution is 2.00. The maximum absolute atomic E-state index is 11.3. The van der Waals surface area contributed by atoms with Gasteiger partial charge in [0, 0.05) is 13.0 Å². The summed E-state index contributed by atoms with van der Waals surface area (Å²) in [6, 6.07) is 0. The van der Waals surface area contributed by atoms with Crippen LogP contribution in [0.2, 0.25) is 0 Å². The number of esters is 1. The Morgan fingerprint density at radius 2 is 1.25 bits per heavy atom. The molecule has 0 amide bonds. The Morgan fingerprint density at radius 1 is 0.750 bits per heavy atom. The van der Waals surface area contributed by atoms with Gasteiger partial charge in [0.2, 0.25) is 0 Å². The average Bonchev–Trinajstić information content (AvgIpc) is 2.58. The summed E-state index contributed by atoms with van der Waals surface area (Å²) in [5.41, 5.74) is 0. The summed E-state index contributed by atoms with van der Waals surface area (Å²) in [4.78, 5) is 11.3. The SMILES string of the molecule is CCCCCC(=O)OCCOCCOCCOCCOCCNC. The second-order valence-electron chi connectivity index (χ2n) is 5.23. The van der Waals surface area contributed by atoms with Crippen LogP contribution >= 0.6 is 0 Å². The lowest BCUT2D eigenvalue weighted by molar-refractivity contribution is -0.145. The zero-order valence-electron chi connectivity index (χ0n) is 15.3. The Labute approximate surface area is 146 Å². The number of ether oxygens (including phenoxy) is 5. The second-order valence-corrected chi connectivity index (χ2v) is 5.23. The van der Waals surface area contributed by atoms with Gasteiger partial charge < -0.3 is 29.0 Å². The lowest BCUT2D eigenvalue weighted by Gasteiger charge is -2.08. The van der Waals surface area contributed by atoms with Crippen molar-refractivity contribution in [3.63, 3.8) is 0 Å². The Balaban J connectivity index is 3.06. The van der Waals surface area contributed by atoms with E-state index in [0.29, 0.717) is 65.9 Å². The third-order valence-electron chi connectivity index (χ3n) is 3.09. The number of hydrogen-bond acceptors (Lipinski definition) is 7. The predicted octanol–water partition coefficient (Wildman–Crippen LogP) is 1.40. The molecule has 0 atom stereocenters. The second kappa shape index (κ2) is 20.3. The molecular formula is C17H35NO6. The number of hydrogen-bond donors (Lipinski definition) is 1. The monoisotopic (exact) mass is 349 g/mol. The van der Waals surface area contributed by atoms with Gasteiger partial charge in [-0.1, -0.05) is 19.8 Å². The van der Waals surface area contributed by atoms with Crippen molar-refractivity contribution in [2.24, 2.45) is 0 Å². The summed E-state index contributed by atoms with van der Waals surface area (Å²) in [5.74, 6) is -0.143. The Bertz CT molecular complexity index is 265. The first-order chi connectivity index (χ1) is 11.8. The van der Waals surface area contributed by atoms with E-state index in [0.717, 1.165) is 25.8 Å². The topological polar surface area (TPSA) is 75.3 Å². The van der Waals surface area contributed by atoms with E-state index in [1.807, 2.05) is 7.05 Å². The van der Waals surface area contributed by atoms with Gasteiger partial charge in [0.25, 0.3) is 0 Å². The van der Waals surface area contributed by atoms with Crippen LogP contribution in [0.5, 0.6) is 0 Å². The quantitative estimate of drug-likeness (QED) is 0.279. The number of carbonyl (C=O) groups excluding carboxylic acids is 1. The molecule has 0 heterocycles. The molecule has 7 heteroatoms. The number of likely N-dealkylation sites (N-methyl/N-ethyl adjacent to an activating group) is 1. The standard InChI is InChI=1S/C17H35NO6/c1-3-4-5-6-17(19)24-16-15-23-14-13-22-12-11-21-10-9-20-8-7-18-2/h18H,3-16H2,1-2H3. The zero-order valence-corrected chi connectivity index (χ0v) is 15.3. The molecule has 0 spiro atoms. The van der Waals surface area contributed by atoms with Crippen LogP contribution in [0.1, 0.15) is 32.6 Å². The van der Waals surface area contributed by atoms with Gasteiger partial charge in [-0.05, 0) is 13.5 Å². The van der Waals surface area contributed by atoms with E-state index in [9.17, 15) is 4.79 Å². The van der Waals surface area contributed by atoms with Gasteiger partial charge in [-0.3, -0.25) is 4.79 Å². The Hall–Kier alpha value is -0.730. The van der Waals surface area contributed by atoms with Crippen LogP contribution in [0.15, 0.2) is 0 Å². The molecule has 7 nitrogen and oxygen atoms in total. The minimum absolute atomic E-state index is 0.143. The first-order valence-corrected chi connectivity index (χ1v) is 8.92. The summed E-state index contributed by atoms with van der Waals surface area (Å²) in [6.45, 7) is 7.61. The third-order valence-corrected chi connectivity index (χ3v) is 3.09. The van der Waals surface area contributed by atoms with Crippen LogP contribution in [0, 0.1) is 0 Å². The third kappa shape index (κ3) is 19.3. The van der Waals surface area contributed by atoms with Crippen molar-refractivity contribution in [3.8, 4) is 0 Å². The van der Waals surface area contributed by atoms with Crippen LogP contribution in [0.3, 0.4) is 0 Å². The summed E-state index contributed by atoms with van der Waals surface area (Å²) in [5, 5.41) is 3.00. The average molecular weight is 349 g/mol. The van der Waals surface area contributed by atoms with Gasteiger partial charge in [0.15, 0.2) is 0 Å².